The molecule has 1 aromatic heterocycles. The molecule has 3 N–H and O–H groups in total. The van der Waals surface area contributed by atoms with E-state index in [1.807, 2.05) is 30.9 Å². The average Bonchev–Trinajstić information content (AvgIpc) is 2.91. The van der Waals surface area contributed by atoms with Crippen molar-refractivity contribution >= 4 is 46.2 Å². The van der Waals surface area contributed by atoms with Gasteiger partial charge in [0.2, 0.25) is 11.9 Å². The number of nitrogens with zero attached hydrogens (tertiary/aromatic N) is 4. The molecular weight excluding hydrogens is 539 g/mol. The van der Waals surface area contributed by atoms with Gasteiger partial charge in [-0.3, -0.25) is 9.59 Å². The van der Waals surface area contributed by atoms with Gasteiger partial charge in [0.25, 0.3) is 0 Å². The van der Waals surface area contributed by atoms with E-state index in [-0.39, 0.29) is 17.4 Å². The zero-order chi connectivity index (χ0) is 30.3. The minimum Gasteiger partial charge on any atom is -0.494 e. The first-order valence-corrected chi connectivity index (χ1v) is 12.4. The summed E-state index contributed by atoms with van der Waals surface area (Å²) in [5, 5.41) is 8.30. The lowest BCUT2D eigenvalue weighted by atomic mass is 10.1. The van der Waals surface area contributed by atoms with E-state index in [4.69, 9.17) is 4.74 Å². The molecule has 41 heavy (non-hydrogen) atoms. The molecule has 0 saturated heterocycles. The van der Waals surface area contributed by atoms with Crippen LogP contribution in [0.25, 0.3) is 0 Å². The minimum absolute atomic E-state index is 0.170. The quantitative estimate of drug-likeness (QED) is 0.197. The van der Waals surface area contributed by atoms with E-state index in [1.165, 1.54) is 26.2 Å². The third-order valence-corrected chi connectivity index (χ3v) is 5.93. The monoisotopic (exact) mass is 571 g/mol. The molecule has 0 atom stereocenters. The Bertz CT molecular complexity index is 1430. The maximum atomic E-state index is 13.8. The number of likely N-dealkylation sites (N-methyl/N-ethyl adjacent to an activating group) is 2. The molecule has 2 aromatic carbocycles. The molecule has 0 unspecified atom stereocenters. The Hall–Kier alpha value is -4.65. The van der Waals surface area contributed by atoms with E-state index in [0.29, 0.717) is 41.1 Å². The van der Waals surface area contributed by atoms with Gasteiger partial charge in [-0.15, -0.1) is 0 Å². The SMILES string of the molecule is C=CC(=O)Nc1cc(Nc2ncc(C(F)(F)F)c(Nc3cccc(C(C)=O)c3)n2)c(OC)cc1N(C)CCN(C)C. The second-order valence-electron chi connectivity index (χ2n) is 9.33. The molecule has 13 heteroatoms. The molecule has 1 amide bonds. The molecule has 0 saturated carbocycles. The van der Waals surface area contributed by atoms with Gasteiger partial charge in [-0.1, -0.05) is 18.7 Å². The van der Waals surface area contributed by atoms with Crippen LogP contribution in [0.1, 0.15) is 22.8 Å². The van der Waals surface area contributed by atoms with E-state index in [1.54, 1.807) is 24.3 Å². The number of ether oxygens (including phenoxy) is 1. The molecule has 0 aliphatic rings. The van der Waals surface area contributed by atoms with Gasteiger partial charge in [0.1, 0.15) is 17.1 Å². The highest BCUT2D eigenvalue weighted by molar-refractivity contribution is 6.02. The van der Waals surface area contributed by atoms with E-state index in [0.717, 1.165) is 12.6 Å². The summed E-state index contributed by atoms with van der Waals surface area (Å²) in [6.07, 6.45) is -2.97. The van der Waals surface area contributed by atoms with Crippen LogP contribution in [0.15, 0.2) is 55.3 Å². The van der Waals surface area contributed by atoms with Crippen LogP contribution in [0.3, 0.4) is 0 Å². The number of nitrogens with one attached hydrogen (secondary N) is 3. The van der Waals surface area contributed by atoms with Crippen molar-refractivity contribution in [1.29, 1.82) is 0 Å². The van der Waals surface area contributed by atoms with Crippen LogP contribution in [0.2, 0.25) is 0 Å². The van der Waals surface area contributed by atoms with Crippen LogP contribution in [0, 0.1) is 0 Å². The maximum absolute atomic E-state index is 13.8. The van der Waals surface area contributed by atoms with Crippen LogP contribution < -0.4 is 25.6 Å². The number of anilines is 6. The van der Waals surface area contributed by atoms with Gasteiger partial charge >= 0.3 is 6.18 Å². The first-order valence-electron chi connectivity index (χ1n) is 12.4. The standard InChI is InChI=1S/C28H32F3N7O3/c1-7-25(40)34-21-14-22(24(41-6)15-23(21)38(5)12-11-37(3)4)35-27-32-16-20(28(29,30)31)26(36-27)33-19-10-8-9-18(13-19)17(2)39/h7-10,13-16H,1,11-12H2,2-6H3,(H,34,40)(H2,32,33,35,36). The van der Waals surface area contributed by atoms with Crippen molar-refractivity contribution in [3.05, 3.63) is 66.4 Å². The summed E-state index contributed by atoms with van der Waals surface area (Å²) in [6, 6.07) is 9.32. The van der Waals surface area contributed by atoms with Gasteiger partial charge in [0, 0.05) is 43.7 Å². The molecule has 0 radical (unpaired) electrons. The lowest BCUT2D eigenvalue weighted by molar-refractivity contribution is -0.137. The molecular formula is C28H32F3N7O3. The summed E-state index contributed by atoms with van der Waals surface area (Å²) >= 11 is 0. The fraction of sp³-hybridized carbons (Fsp3) is 0.286. The van der Waals surface area contributed by atoms with Gasteiger partial charge in [0.05, 0.1) is 24.2 Å². The normalized spacial score (nSPS) is 11.1. The minimum atomic E-state index is -4.75. The van der Waals surface area contributed by atoms with Crippen molar-refractivity contribution in [3.63, 3.8) is 0 Å². The number of Topliss-reactive ketones (excluding diaryl/α,β-unsaturated/α-hetero) is 1. The highest BCUT2D eigenvalue weighted by Gasteiger charge is 2.35. The largest absolute Gasteiger partial charge is 0.494 e. The number of carbonyl (C=O) groups is 2. The second kappa shape index (κ2) is 13.1. The number of hydrogen-bond donors (Lipinski definition) is 3. The fourth-order valence-corrected chi connectivity index (χ4v) is 3.72. The number of benzene rings is 2. The lowest BCUT2D eigenvalue weighted by Crippen LogP contribution is -2.29. The molecule has 0 fully saturated rings. The van der Waals surface area contributed by atoms with Crippen LogP contribution in [0.5, 0.6) is 5.75 Å². The topological polar surface area (TPSA) is 112 Å². The zero-order valence-electron chi connectivity index (χ0n) is 23.4. The Kier molecular flexibility index (Phi) is 9.90. The van der Waals surface area contributed by atoms with Crippen molar-refractivity contribution in [2.75, 3.05) is 62.2 Å². The van der Waals surface area contributed by atoms with E-state index in [2.05, 4.69) is 32.5 Å². The molecule has 1 heterocycles. The Morgan fingerprint density at radius 2 is 1.80 bits per heavy atom. The fourth-order valence-electron chi connectivity index (χ4n) is 3.72. The van der Waals surface area contributed by atoms with Crippen LogP contribution in [0.4, 0.5) is 47.7 Å². The molecule has 0 aliphatic carbocycles. The Morgan fingerprint density at radius 1 is 1.07 bits per heavy atom. The number of alkyl halides is 3. The predicted octanol–water partition coefficient (Wildman–Crippen LogP) is 5.32. The Labute approximate surface area is 236 Å². The summed E-state index contributed by atoms with van der Waals surface area (Å²) in [4.78, 5) is 35.8. The van der Waals surface area contributed by atoms with E-state index >= 15 is 0 Å². The number of aromatic nitrogens is 2. The first-order chi connectivity index (χ1) is 19.3. The summed E-state index contributed by atoms with van der Waals surface area (Å²) in [5.74, 6) is -1.04. The smallest absolute Gasteiger partial charge is 0.421 e. The predicted molar refractivity (Wildman–Crippen MR) is 154 cm³/mol. The maximum Gasteiger partial charge on any atom is 0.421 e. The third-order valence-electron chi connectivity index (χ3n) is 5.93. The molecule has 10 nitrogen and oxygen atoms in total. The molecule has 3 aromatic rings. The lowest BCUT2D eigenvalue weighted by Gasteiger charge is -2.26. The highest BCUT2D eigenvalue weighted by atomic mass is 19.4. The summed E-state index contributed by atoms with van der Waals surface area (Å²) in [5.41, 5.74) is 0.813. The van der Waals surface area contributed by atoms with Gasteiger partial charge in [-0.05, 0) is 45.3 Å². The third kappa shape index (κ3) is 8.18. The zero-order valence-corrected chi connectivity index (χ0v) is 23.4. The molecule has 0 aliphatic heterocycles. The van der Waals surface area contributed by atoms with Crippen molar-refractivity contribution < 1.29 is 27.5 Å². The van der Waals surface area contributed by atoms with Crippen LogP contribution in [-0.4, -0.2) is 67.9 Å². The van der Waals surface area contributed by atoms with E-state index in [9.17, 15) is 22.8 Å². The van der Waals surface area contributed by atoms with Crippen LogP contribution in [-0.2, 0) is 11.0 Å². The number of amides is 1. The van der Waals surface area contributed by atoms with Crippen molar-refractivity contribution in [3.8, 4) is 5.75 Å². The molecule has 0 spiro atoms. The van der Waals surface area contributed by atoms with Gasteiger partial charge in [-0.2, -0.15) is 18.2 Å². The highest BCUT2D eigenvalue weighted by Crippen LogP contribution is 2.39. The number of carbonyl (C=O) groups excluding carboxylic acids is 2. The number of ketones is 1. The Balaban J connectivity index is 2.04. The van der Waals surface area contributed by atoms with Gasteiger partial charge < -0.3 is 30.5 Å². The van der Waals surface area contributed by atoms with Crippen LogP contribution >= 0.6 is 0 Å². The summed E-state index contributed by atoms with van der Waals surface area (Å²) in [7, 11) is 7.17. The summed E-state index contributed by atoms with van der Waals surface area (Å²) < 4.78 is 47.0. The average molecular weight is 572 g/mol. The second-order valence-corrected chi connectivity index (χ2v) is 9.33. The molecule has 3 rings (SSSR count). The van der Waals surface area contributed by atoms with Crippen molar-refractivity contribution in [2.45, 2.75) is 13.1 Å². The molecule has 0 bridgehead atoms. The van der Waals surface area contributed by atoms with Crippen molar-refractivity contribution in [1.82, 2.24) is 14.9 Å². The number of rotatable bonds is 12. The first kappa shape index (κ1) is 30.9. The van der Waals surface area contributed by atoms with E-state index < -0.39 is 23.5 Å². The number of hydrogen-bond acceptors (Lipinski definition) is 9. The van der Waals surface area contributed by atoms with Gasteiger partial charge in [-0.25, -0.2) is 4.98 Å². The molecule has 218 valence electrons. The summed E-state index contributed by atoms with van der Waals surface area (Å²) in [6.45, 7) is 6.21. The Morgan fingerprint density at radius 3 is 2.41 bits per heavy atom. The van der Waals surface area contributed by atoms with Crippen molar-refractivity contribution in [2.24, 2.45) is 0 Å². The van der Waals surface area contributed by atoms with Gasteiger partial charge in [0.15, 0.2) is 5.78 Å². The number of methoxy groups -OCH3 is 1. The number of halogens is 3.